The van der Waals surface area contributed by atoms with Crippen molar-refractivity contribution in [2.45, 2.75) is 11.7 Å². The molecule has 0 aliphatic rings. The highest BCUT2D eigenvalue weighted by atomic mass is 35.5. The topological polar surface area (TPSA) is 73.3 Å². The fourth-order valence-corrected chi connectivity index (χ4v) is 2.86. The van der Waals surface area contributed by atoms with E-state index in [9.17, 15) is 4.79 Å². The second-order valence-corrected chi connectivity index (χ2v) is 6.08. The van der Waals surface area contributed by atoms with E-state index < -0.39 is 5.97 Å². The van der Waals surface area contributed by atoms with Gasteiger partial charge in [-0.25, -0.2) is 14.8 Å². The smallest absolute Gasteiger partial charge is 0.344 e. The summed E-state index contributed by atoms with van der Waals surface area (Å²) >= 11 is 13.5. The summed E-state index contributed by atoms with van der Waals surface area (Å²) in [5.41, 5.74) is 0.980. The number of benzene rings is 1. The van der Waals surface area contributed by atoms with Crippen LogP contribution < -0.4 is 10.1 Å². The number of carbonyl (C=O) groups is 1. The van der Waals surface area contributed by atoms with Crippen LogP contribution >= 0.6 is 35.0 Å². The number of aromatic nitrogens is 2. The predicted octanol–water partition coefficient (Wildman–Crippen LogP) is 3.91. The molecule has 1 heterocycles. The van der Waals surface area contributed by atoms with Gasteiger partial charge in [0.15, 0.2) is 5.16 Å². The van der Waals surface area contributed by atoms with Crippen molar-refractivity contribution in [3.05, 3.63) is 39.5 Å². The number of anilines is 1. The fourth-order valence-electron chi connectivity index (χ4n) is 1.92. The summed E-state index contributed by atoms with van der Waals surface area (Å²) < 4.78 is 9.86. The number of hydrogen-bond donors (Lipinski definition) is 1. The summed E-state index contributed by atoms with van der Waals surface area (Å²) in [6, 6.07) is 5.39. The van der Waals surface area contributed by atoms with E-state index in [1.54, 1.807) is 19.2 Å². The Morgan fingerprint density at radius 1 is 1.29 bits per heavy atom. The van der Waals surface area contributed by atoms with E-state index in [2.05, 4.69) is 15.3 Å². The molecule has 0 bridgehead atoms. The Morgan fingerprint density at radius 3 is 2.62 bits per heavy atom. The van der Waals surface area contributed by atoms with Crippen molar-refractivity contribution < 1.29 is 14.3 Å². The van der Waals surface area contributed by atoms with Gasteiger partial charge in [0, 0.05) is 6.54 Å². The third-order valence-corrected chi connectivity index (χ3v) is 4.21. The number of carbonyl (C=O) groups excluding carboxylic acids is 1. The highest BCUT2D eigenvalue weighted by Gasteiger charge is 2.20. The van der Waals surface area contributed by atoms with Gasteiger partial charge in [-0.15, -0.1) is 0 Å². The highest BCUT2D eigenvalue weighted by molar-refractivity contribution is 7.98. The Balaban J connectivity index is 2.29. The van der Waals surface area contributed by atoms with Crippen molar-refractivity contribution in [3.63, 3.8) is 0 Å². The van der Waals surface area contributed by atoms with E-state index in [1.807, 2.05) is 12.3 Å². The van der Waals surface area contributed by atoms with Gasteiger partial charge in [0.05, 0.1) is 19.2 Å². The van der Waals surface area contributed by atoms with Crippen molar-refractivity contribution in [1.29, 1.82) is 0 Å². The molecule has 24 heavy (non-hydrogen) atoms. The van der Waals surface area contributed by atoms with E-state index in [1.165, 1.54) is 18.9 Å². The van der Waals surface area contributed by atoms with Crippen LogP contribution in [0.2, 0.25) is 10.2 Å². The van der Waals surface area contributed by atoms with Crippen LogP contribution in [0.15, 0.2) is 23.4 Å². The zero-order valence-corrected chi connectivity index (χ0v) is 15.6. The summed E-state index contributed by atoms with van der Waals surface area (Å²) in [5.74, 6) is 0.284. The first-order valence-electron chi connectivity index (χ1n) is 6.76. The molecule has 2 rings (SSSR count). The zero-order valence-electron chi connectivity index (χ0n) is 13.2. The Morgan fingerprint density at radius 2 is 2.04 bits per heavy atom. The predicted molar refractivity (Wildman–Crippen MR) is 95.5 cm³/mol. The molecule has 9 heteroatoms. The zero-order chi connectivity index (χ0) is 17.7. The Hall–Kier alpha value is -1.70. The maximum absolute atomic E-state index is 11.9. The molecule has 1 N–H and O–H groups in total. The molecule has 128 valence electrons. The third kappa shape index (κ3) is 4.23. The molecule has 6 nitrogen and oxygen atoms in total. The summed E-state index contributed by atoms with van der Waals surface area (Å²) in [6.45, 7) is 0.384. The first kappa shape index (κ1) is 18.6. The first-order valence-corrected chi connectivity index (χ1v) is 8.74. The van der Waals surface area contributed by atoms with Gasteiger partial charge >= 0.3 is 5.97 Å². The van der Waals surface area contributed by atoms with Crippen molar-refractivity contribution in [3.8, 4) is 5.75 Å². The minimum atomic E-state index is -0.608. The van der Waals surface area contributed by atoms with Gasteiger partial charge in [-0.3, -0.25) is 0 Å². The van der Waals surface area contributed by atoms with Gasteiger partial charge < -0.3 is 14.8 Å². The van der Waals surface area contributed by atoms with Gasteiger partial charge in [0.2, 0.25) is 0 Å². The molecule has 0 aliphatic heterocycles. The van der Waals surface area contributed by atoms with E-state index in [0.717, 1.165) is 5.56 Å². The molecule has 0 atom stereocenters. The van der Waals surface area contributed by atoms with Crippen molar-refractivity contribution >= 4 is 46.8 Å². The summed E-state index contributed by atoms with van der Waals surface area (Å²) in [4.78, 5) is 20.3. The number of halogens is 2. The molecule has 0 spiro atoms. The van der Waals surface area contributed by atoms with Crippen LogP contribution in [0.1, 0.15) is 15.9 Å². The van der Waals surface area contributed by atoms with E-state index in [0.29, 0.717) is 28.3 Å². The lowest BCUT2D eigenvalue weighted by atomic mass is 10.2. The van der Waals surface area contributed by atoms with E-state index in [4.69, 9.17) is 32.7 Å². The third-order valence-electron chi connectivity index (χ3n) is 3.09. The van der Waals surface area contributed by atoms with Gasteiger partial charge in [0.25, 0.3) is 0 Å². The van der Waals surface area contributed by atoms with Crippen LogP contribution in [0.5, 0.6) is 5.75 Å². The van der Waals surface area contributed by atoms with Crippen LogP contribution in [-0.4, -0.2) is 36.4 Å². The maximum Gasteiger partial charge on any atom is 0.344 e. The van der Waals surface area contributed by atoms with Crippen LogP contribution in [0, 0.1) is 0 Å². The first-order chi connectivity index (χ1) is 11.5. The number of nitrogens with zero attached hydrogens (tertiary/aromatic N) is 2. The largest absolute Gasteiger partial charge is 0.495 e. The molecular weight excluding hydrogens is 373 g/mol. The molecule has 1 aromatic heterocycles. The SMILES string of the molecule is COC(=O)c1c(Cl)nc(SC)nc1NCc1ccc(OC)c(Cl)c1. The second kappa shape index (κ2) is 8.41. The molecular formula is C15H15Cl2N3O3S. The Labute approximate surface area is 153 Å². The number of rotatable bonds is 6. The van der Waals surface area contributed by atoms with Gasteiger partial charge in [0.1, 0.15) is 22.3 Å². The normalized spacial score (nSPS) is 10.4. The lowest BCUT2D eigenvalue weighted by molar-refractivity contribution is 0.0601. The van der Waals surface area contributed by atoms with Crippen molar-refractivity contribution in [1.82, 2.24) is 9.97 Å². The quantitative estimate of drug-likeness (QED) is 0.348. The minimum Gasteiger partial charge on any atom is -0.495 e. The van der Waals surface area contributed by atoms with Crippen molar-refractivity contribution in [2.75, 3.05) is 25.8 Å². The standard InChI is InChI=1S/C15H15Cl2N3O3S/c1-22-10-5-4-8(6-9(10)16)7-18-13-11(14(21)23-2)12(17)19-15(20-13)24-3/h4-6H,7H2,1-3H3,(H,18,19,20). The number of nitrogens with one attached hydrogen (secondary N) is 1. The molecule has 0 fully saturated rings. The molecule has 0 unspecified atom stereocenters. The molecule has 0 saturated heterocycles. The molecule has 0 amide bonds. The monoisotopic (exact) mass is 387 g/mol. The number of esters is 1. The maximum atomic E-state index is 11.9. The summed E-state index contributed by atoms with van der Waals surface area (Å²) in [6.07, 6.45) is 1.82. The van der Waals surface area contributed by atoms with Crippen LogP contribution in [-0.2, 0) is 11.3 Å². The van der Waals surface area contributed by atoms with Gasteiger partial charge in [-0.1, -0.05) is 41.0 Å². The number of hydrogen-bond acceptors (Lipinski definition) is 7. The highest BCUT2D eigenvalue weighted by Crippen LogP contribution is 2.27. The van der Waals surface area contributed by atoms with Crippen LogP contribution in [0.4, 0.5) is 5.82 Å². The second-order valence-electron chi connectivity index (χ2n) is 4.54. The molecule has 0 aliphatic carbocycles. The molecule has 1 aromatic carbocycles. The molecule has 0 radical (unpaired) electrons. The Bertz CT molecular complexity index is 759. The van der Waals surface area contributed by atoms with E-state index in [-0.39, 0.29) is 10.7 Å². The van der Waals surface area contributed by atoms with Gasteiger partial charge in [-0.2, -0.15) is 0 Å². The van der Waals surface area contributed by atoms with E-state index >= 15 is 0 Å². The molecule has 0 saturated carbocycles. The van der Waals surface area contributed by atoms with Crippen molar-refractivity contribution in [2.24, 2.45) is 0 Å². The number of ether oxygens (including phenoxy) is 2. The average molecular weight is 388 g/mol. The number of thioether (sulfide) groups is 1. The van der Waals surface area contributed by atoms with Crippen LogP contribution in [0.25, 0.3) is 0 Å². The minimum absolute atomic E-state index is 0.0384. The lowest BCUT2D eigenvalue weighted by Crippen LogP contribution is -2.12. The summed E-state index contributed by atoms with van der Waals surface area (Å²) in [7, 11) is 2.82. The number of methoxy groups -OCH3 is 2. The Kier molecular flexibility index (Phi) is 6.53. The van der Waals surface area contributed by atoms with Gasteiger partial charge in [-0.05, 0) is 24.0 Å². The van der Waals surface area contributed by atoms with Crippen LogP contribution in [0.3, 0.4) is 0 Å². The molecule has 2 aromatic rings. The summed E-state index contributed by atoms with van der Waals surface area (Å²) in [5, 5.41) is 4.06. The lowest BCUT2D eigenvalue weighted by Gasteiger charge is -2.12. The average Bonchev–Trinajstić information content (AvgIpc) is 2.58. The fraction of sp³-hybridized carbons (Fsp3) is 0.267.